The number of carbonyl (C=O) groups is 6. The van der Waals surface area contributed by atoms with Crippen LogP contribution in [0.2, 0.25) is 0 Å². The maximum atomic E-state index is 13.9. The molecule has 4 atom stereocenters. The molecule has 0 saturated carbocycles. The second-order valence-corrected chi connectivity index (χ2v) is 13.2. The van der Waals surface area contributed by atoms with Gasteiger partial charge < -0.3 is 60.9 Å². The molecule has 5 aromatic rings. The Morgan fingerprint density at radius 2 is 1.13 bits per heavy atom. The zero-order valence-electron chi connectivity index (χ0n) is 33.6. The highest BCUT2D eigenvalue weighted by atomic mass is 16.7. The molecule has 1 aliphatic heterocycles. The van der Waals surface area contributed by atoms with E-state index in [1.54, 1.807) is 0 Å². The maximum Gasteiger partial charge on any atom is 0.344 e. The van der Waals surface area contributed by atoms with Crippen LogP contribution in [0.5, 0.6) is 40.2 Å². The molecule has 0 bridgehead atoms. The van der Waals surface area contributed by atoms with Gasteiger partial charge in [0.1, 0.15) is 18.8 Å². The minimum atomic E-state index is -1.49. The van der Waals surface area contributed by atoms with Crippen molar-refractivity contribution in [2.75, 3.05) is 27.9 Å². The van der Waals surface area contributed by atoms with Gasteiger partial charge in [-0.25, -0.2) is 14.4 Å². The smallest absolute Gasteiger partial charge is 0.344 e. The van der Waals surface area contributed by atoms with Crippen LogP contribution in [-0.4, -0.2) is 88.4 Å². The van der Waals surface area contributed by atoms with Crippen molar-refractivity contribution < 1.29 is 89.7 Å². The summed E-state index contributed by atoms with van der Waals surface area (Å²) in [4.78, 5) is 101. The number of ether oxygens (including phenoxy) is 11. The molecule has 0 unspecified atom stereocenters. The third kappa shape index (κ3) is 8.81. The Kier molecular flexibility index (Phi) is 12.3. The standard InChI is InChI=1S/C40H36O21/c1-15(41)52-14-28-33(56-19(5)45)27(59-38(46)20-9-24(53-16(2)42)32(55-18(4)44)25(10-20)54-17(3)43)13-29(58-28)57-26-12-22-31-30-21(39(47)61-37(31)35(26)51-8)11-23(49-6)34(50-7)36(30)60-40(22)48/h9-12,27-29,33H,13-14H2,1-8H3/t27-,28+,29+,33-/m1/s1. The highest BCUT2D eigenvalue weighted by molar-refractivity contribution is 6.22. The predicted molar refractivity (Wildman–Crippen MR) is 203 cm³/mol. The van der Waals surface area contributed by atoms with E-state index in [2.05, 4.69) is 0 Å². The monoisotopic (exact) mass is 852 g/mol. The Bertz CT molecular complexity index is 2670. The second kappa shape index (κ2) is 17.4. The zero-order chi connectivity index (χ0) is 44.4. The summed E-state index contributed by atoms with van der Waals surface area (Å²) in [5.41, 5.74) is -2.52. The van der Waals surface area contributed by atoms with Gasteiger partial charge in [-0.15, -0.1) is 0 Å². The molecule has 6 rings (SSSR count). The Morgan fingerprint density at radius 3 is 1.61 bits per heavy atom. The Hall–Kier alpha value is -7.42. The topological polar surface area (TPSA) is 264 Å². The molecule has 21 nitrogen and oxygen atoms in total. The summed E-state index contributed by atoms with van der Waals surface area (Å²) >= 11 is 0. The van der Waals surface area contributed by atoms with Crippen LogP contribution in [0.4, 0.5) is 0 Å². The maximum absolute atomic E-state index is 13.9. The summed E-state index contributed by atoms with van der Waals surface area (Å²) in [6.45, 7) is 4.68. The third-order valence-corrected chi connectivity index (χ3v) is 8.87. The Balaban J connectivity index is 1.44. The lowest BCUT2D eigenvalue weighted by Gasteiger charge is -2.40. The van der Waals surface area contributed by atoms with Gasteiger partial charge in [-0.3, -0.25) is 24.0 Å². The first-order valence-electron chi connectivity index (χ1n) is 18.0. The van der Waals surface area contributed by atoms with Crippen molar-refractivity contribution in [2.45, 2.75) is 65.6 Å². The van der Waals surface area contributed by atoms with Gasteiger partial charge in [0.25, 0.3) is 0 Å². The molecule has 322 valence electrons. The number of carbonyl (C=O) groups excluding carboxylic acids is 6. The van der Waals surface area contributed by atoms with E-state index in [0.717, 1.165) is 46.8 Å². The molecule has 1 saturated heterocycles. The lowest BCUT2D eigenvalue weighted by Crippen LogP contribution is -2.55. The summed E-state index contributed by atoms with van der Waals surface area (Å²) in [6.07, 6.45) is -6.27. The van der Waals surface area contributed by atoms with E-state index in [-0.39, 0.29) is 55.7 Å². The van der Waals surface area contributed by atoms with Gasteiger partial charge in [0.2, 0.25) is 23.5 Å². The van der Waals surface area contributed by atoms with Gasteiger partial charge in [0.05, 0.1) is 44.1 Å². The number of hydrogen-bond acceptors (Lipinski definition) is 21. The number of esters is 6. The molecule has 0 N–H and O–H groups in total. The summed E-state index contributed by atoms with van der Waals surface area (Å²) in [7, 11) is 3.89. The SMILES string of the molecule is COc1cc2c(=O)oc3c(OC)c(O[C@@H]4C[C@@H](OC(=O)c5cc(OC(C)=O)c(OC(C)=O)c(OC(C)=O)c5)[C@@H](OC(C)=O)[C@H](COC(C)=O)O4)cc4c(=O)oc(c1OC)c2c34. The molecule has 3 heterocycles. The zero-order valence-corrected chi connectivity index (χ0v) is 33.6. The Labute approximate surface area is 342 Å². The second-order valence-electron chi connectivity index (χ2n) is 13.2. The molecule has 61 heavy (non-hydrogen) atoms. The molecule has 3 aromatic carbocycles. The first kappa shape index (κ1) is 43.2. The summed E-state index contributed by atoms with van der Waals surface area (Å²) in [6, 6.07) is 4.55. The van der Waals surface area contributed by atoms with Gasteiger partial charge >= 0.3 is 47.1 Å². The molecule has 21 heteroatoms. The van der Waals surface area contributed by atoms with Crippen molar-refractivity contribution in [3.8, 4) is 40.2 Å². The van der Waals surface area contributed by atoms with Crippen molar-refractivity contribution in [3.05, 3.63) is 50.7 Å². The first-order valence-corrected chi connectivity index (χ1v) is 18.0. The van der Waals surface area contributed by atoms with Gasteiger partial charge in [-0.1, -0.05) is 0 Å². The van der Waals surface area contributed by atoms with Crippen molar-refractivity contribution in [2.24, 2.45) is 0 Å². The van der Waals surface area contributed by atoms with Gasteiger partial charge in [0, 0.05) is 45.4 Å². The average Bonchev–Trinajstić information content (AvgIpc) is 3.17. The molecule has 1 fully saturated rings. The summed E-state index contributed by atoms with van der Waals surface area (Å²) in [5.74, 6) is -7.29. The fourth-order valence-corrected chi connectivity index (χ4v) is 6.67. The van der Waals surface area contributed by atoms with Crippen LogP contribution in [0, 0.1) is 0 Å². The third-order valence-electron chi connectivity index (χ3n) is 8.87. The molecule has 2 aromatic heterocycles. The molecule has 0 amide bonds. The van der Waals surface area contributed by atoms with Gasteiger partial charge in [-0.05, 0) is 24.3 Å². The fraction of sp³-hybridized carbons (Fsp3) is 0.350. The van der Waals surface area contributed by atoms with Crippen LogP contribution in [0.15, 0.2) is 42.7 Å². The van der Waals surface area contributed by atoms with Crippen molar-refractivity contribution in [3.63, 3.8) is 0 Å². The molecule has 0 spiro atoms. The minimum Gasteiger partial charge on any atom is -0.493 e. The van der Waals surface area contributed by atoms with E-state index in [0.29, 0.717) is 0 Å². The first-order chi connectivity index (χ1) is 28.9. The van der Waals surface area contributed by atoms with Gasteiger partial charge in [-0.2, -0.15) is 0 Å². The largest absolute Gasteiger partial charge is 0.493 e. The molecular weight excluding hydrogens is 816 g/mol. The average molecular weight is 853 g/mol. The molecule has 1 aliphatic rings. The minimum absolute atomic E-state index is 0.00399. The van der Waals surface area contributed by atoms with Gasteiger partial charge in [0.15, 0.2) is 40.3 Å². The number of methoxy groups -OCH3 is 3. The van der Waals surface area contributed by atoms with Crippen LogP contribution < -0.4 is 44.4 Å². The lowest BCUT2D eigenvalue weighted by atomic mass is 10.0. The molecule has 0 aliphatic carbocycles. The van der Waals surface area contributed by atoms with E-state index in [9.17, 15) is 38.4 Å². The summed E-state index contributed by atoms with van der Waals surface area (Å²) in [5, 5.41) is 0.142. The van der Waals surface area contributed by atoms with E-state index in [1.165, 1.54) is 33.5 Å². The lowest BCUT2D eigenvalue weighted by molar-refractivity contribution is -0.240. The quantitative estimate of drug-likeness (QED) is 0.0539. The number of rotatable bonds is 13. The van der Waals surface area contributed by atoms with Crippen molar-refractivity contribution in [1.29, 1.82) is 0 Å². The highest BCUT2D eigenvalue weighted by Crippen LogP contribution is 2.47. The van der Waals surface area contributed by atoms with E-state index in [4.69, 9.17) is 60.9 Å². The predicted octanol–water partition coefficient (Wildman–Crippen LogP) is 3.51. The van der Waals surface area contributed by atoms with E-state index >= 15 is 0 Å². The van der Waals surface area contributed by atoms with Crippen LogP contribution >= 0.6 is 0 Å². The molecular formula is C40H36O21. The summed E-state index contributed by atoms with van der Waals surface area (Å²) < 4.78 is 72.1. The molecule has 0 radical (unpaired) electrons. The van der Waals surface area contributed by atoms with Crippen molar-refractivity contribution >= 4 is 68.5 Å². The van der Waals surface area contributed by atoms with Crippen LogP contribution in [0.1, 0.15) is 51.4 Å². The van der Waals surface area contributed by atoms with E-state index < -0.39 is 108 Å². The normalized spacial score (nSPS) is 17.3. The Morgan fingerprint density at radius 1 is 0.607 bits per heavy atom. The van der Waals surface area contributed by atoms with Crippen LogP contribution in [-0.2, 0) is 42.9 Å². The number of benzene rings is 3. The number of hydrogen-bond donors (Lipinski definition) is 0. The highest BCUT2D eigenvalue weighted by Gasteiger charge is 2.46. The van der Waals surface area contributed by atoms with Crippen LogP contribution in [0.3, 0.4) is 0 Å². The van der Waals surface area contributed by atoms with Crippen molar-refractivity contribution in [1.82, 2.24) is 0 Å². The fourth-order valence-electron chi connectivity index (χ4n) is 6.67. The van der Waals surface area contributed by atoms with E-state index in [1.807, 2.05) is 0 Å². The van der Waals surface area contributed by atoms with Crippen LogP contribution in [0.25, 0.3) is 32.7 Å².